The molecule has 0 radical (unpaired) electrons. The number of hydrogen-bond acceptors (Lipinski definition) is 7. The molecule has 0 saturated heterocycles. The van der Waals surface area contributed by atoms with Crippen LogP contribution < -0.4 is 14.8 Å². The standard InChI is InChI=1S/C25H27N3O4/c1-4-6-10-30-12-14-32-23-16-21-22(17-24(23)31-13-11-29-3)26-18-27-25(21)28-20-9-7-8-19(5-2)15-20/h2,4,6-9,15-18H,10-14H2,1,3H3,(H,26,27,28). The lowest BCUT2D eigenvalue weighted by atomic mass is 10.2. The van der Waals surface area contributed by atoms with Gasteiger partial charge in [0.25, 0.3) is 0 Å². The Bertz CT molecular complexity index is 1090. The number of terminal acetylenes is 1. The van der Waals surface area contributed by atoms with Gasteiger partial charge in [0.15, 0.2) is 11.5 Å². The zero-order valence-corrected chi connectivity index (χ0v) is 18.3. The van der Waals surface area contributed by atoms with E-state index in [-0.39, 0.29) is 0 Å². The van der Waals surface area contributed by atoms with E-state index >= 15 is 0 Å². The van der Waals surface area contributed by atoms with Crippen LogP contribution in [0.15, 0.2) is 54.9 Å². The van der Waals surface area contributed by atoms with Crippen LogP contribution >= 0.6 is 0 Å². The molecule has 1 aromatic heterocycles. The molecule has 0 spiro atoms. The Balaban J connectivity index is 1.86. The summed E-state index contributed by atoms with van der Waals surface area (Å²) in [5.41, 5.74) is 2.34. The smallest absolute Gasteiger partial charge is 0.163 e. The summed E-state index contributed by atoms with van der Waals surface area (Å²) >= 11 is 0. The molecule has 0 atom stereocenters. The largest absolute Gasteiger partial charge is 0.487 e. The predicted octanol–water partition coefficient (Wildman–Crippen LogP) is 4.35. The molecule has 7 heteroatoms. The van der Waals surface area contributed by atoms with Crippen LogP contribution in [0, 0.1) is 12.3 Å². The van der Waals surface area contributed by atoms with Crippen LogP contribution in [-0.4, -0.2) is 50.1 Å². The number of benzene rings is 2. The Morgan fingerprint density at radius 3 is 2.62 bits per heavy atom. The first-order valence-electron chi connectivity index (χ1n) is 10.3. The van der Waals surface area contributed by atoms with Gasteiger partial charge in [0, 0.05) is 29.8 Å². The molecule has 0 aliphatic rings. The highest BCUT2D eigenvalue weighted by molar-refractivity contribution is 5.93. The monoisotopic (exact) mass is 433 g/mol. The SMILES string of the molecule is C#Cc1cccc(Nc2ncnc3cc(OCCOC)c(OCCOCC=CC)cc23)c1. The third kappa shape index (κ3) is 6.45. The number of methoxy groups -OCH3 is 1. The Labute approximate surface area is 188 Å². The number of fused-ring (bicyclic) bond motifs is 1. The molecule has 0 fully saturated rings. The minimum atomic E-state index is 0.379. The third-order valence-electron chi connectivity index (χ3n) is 4.47. The van der Waals surface area contributed by atoms with Gasteiger partial charge in [-0.2, -0.15) is 0 Å². The van der Waals surface area contributed by atoms with Crippen LogP contribution in [0.3, 0.4) is 0 Å². The summed E-state index contributed by atoms with van der Waals surface area (Å²) in [6.07, 6.45) is 10.9. The molecule has 0 amide bonds. The van der Waals surface area contributed by atoms with Gasteiger partial charge in [-0.1, -0.05) is 24.1 Å². The van der Waals surface area contributed by atoms with Gasteiger partial charge >= 0.3 is 0 Å². The zero-order chi connectivity index (χ0) is 22.6. The van der Waals surface area contributed by atoms with E-state index in [0.717, 1.165) is 22.2 Å². The van der Waals surface area contributed by atoms with Gasteiger partial charge in [-0.25, -0.2) is 9.97 Å². The number of ether oxygens (including phenoxy) is 4. The Morgan fingerprint density at radius 1 is 1.03 bits per heavy atom. The number of anilines is 2. The number of nitrogens with zero attached hydrogens (tertiary/aromatic N) is 2. The van der Waals surface area contributed by atoms with E-state index in [1.807, 2.05) is 55.5 Å². The van der Waals surface area contributed by atoms with E-state index in [2.05, 4.69) is 21.2 Å². The van der Waals surface area contributed by atoms with Gasteiger partial charge < -0.3 is 24.3 Å². The molecule has 3 aromatic rings. The fraction of sp³-hybridized carbons (Fsp3) is 0.280. The number of hydrogen-bond donors (Lipinski definition) is 1. The summed E-state index contributed by atoms with van der Waals surface area (Å²) in [5, 5.41) is 4.11. The number of allylic oxidation sites excluding steroid dienone is 1. The summed E-state index contributed by atoms with van der Waals surface area (Å²) in [7, 11) is 1.63. The lowest BCUT2D eigenvalue weighted by Gasteiger charge is -2.15. The highest BCUT2D eigenvalue weighted by atomic mass is 16.5. The maximum absolute atomic E-state index is 5.97. The van der Waals surface area contributed by atoms with E-state index in [1.54, 1.807) is 7.11 Å². The van der Waals surface area contributed by atoms with Gasteiger partial charge in [0.2, 0.25) is 0 Å². The molecule has 1 N–H and O–H groups in total. The first-order chi connectivity index (χ1) is 15.7. The zero-order valence-electron chi connectivity index (χ0n) is 18.3. The number of rotatable bonds is 12. The van der Waals surface area contributed by atoms with Crippen molar-refractivity contribution in [3.8, 4) is 23.8 Å². The molecule has 1 heterocycles. The third-order valence-corrected chi connectivity index (χ3v) is 4.47. The molecule has 166 valence electrons. The molecule has 0 unspecified atom stereocenters. The predicted molar refractivity (Wildman–Crippen MR) is 126 cm³/mol. The van der Waals surface area contributed by atoms with Gasteiger partial charge in [-0.05, 0) is 31.2 Å². The number of aromatic nitrogens is 2. The molecular weight excluding hydrogens is 406 g/mol. The summed E-state index contributed by atoms with van der Waals surface area (Å²) < 4.78 is 22.4. The van der Waals surface area contributed by atoms with Crippen LogP contribution in [0.1, 0.15) is 12.5 Å². The van der Waals surface area contributed by atoms with E-state index < -0.39 is 0 Å². The average Bonchev–Trinajstić information content (AvgIpc) is 2.82. The van der Waals surface area contributed by atoms with Crippen molar-refractivity contribution in [1.82, 2.24) is 9.97 Å². The van der Waals surface area contributed by atoms with E-state index in [4.69, 9.17) is 25.4 Å². The van der Waals surface area contributed by atoms with Gasteiger partial charge in [0.05, 0.1) is 25.3 Å². The maximum Gasteiger partial charge on any atom is 0.163 e. The quantitative estimate of drug-likeness (QED) is 0.259. The van der Waals surface area contributed by atoms with E-state index in [1.165, 1.54) is 6.33 Å². The highest BCUT2D eigenvalue weighted by Gasteiger charge is 2.13. The van der Waals surface area contributed by atoms with Crippen molar-refractivity contribution < 1.29 is 18.9 Å². The average molecular weight is 434 g/mol. The molecule has 0 saturated carbocycles. The van der Waals surface area contributed by atoms with Crippen molar-refractivity contribution in [2.45, 2.75) is 6.92 Å². The minimum Gasteiger partial charge on any atom is -0.487 e. The van der Waals surface area contributed by atoms with Crippen molar-refractivity contribution in [2.75, 3.05) is 45.5 Å². The number of nitrogens with one attached hydrogen (secondary N) is 1. The first-order valence-corrected chi connectivity index (χ1v) is 10.3. The minimum absolute atomic E-state index is 0.379. The molecule has 0 bridgehead atoms. The molecule has 0 aliphatic heterocycles. The lowest BCUT2D eigenvalue weighted by molar-refractivity contribution is 0.116. The fourth-order valence-corrected chi connectivity index (χ4v) is 2.91. The first kappa shape index (κ1) is 23.1. The van der Waals surface area contributed by atoms with Crippen LogP contribution in [0.5, 0.6) is 11.5 Å². The molecule has 2 aromatic carbocycles. The second kappa shape index (κ2) is 12.3. The highest BCUT2D eigenvalue weighted by Crippen LogP contribution is 2.35. The molecule has 0 aliphatic carbocycles. The molecule has 3 rings (SSSR count). The van der Waals surface area contributed by atoms with Crippen LogP contribution in [0.4, 0.5) is 11.5 Å². The van der Waals surface area contributed by atoms with Crippen molar-refractivity contribution in [2.24, 2.45) is 0 Å². The summed E-state index contributed by atoms with van der Waals surface area (Å²) in [5.74, 6) is 4.44. The lowest BCUT2D eigenvalue weighted by Crippen LogP contribution is -2.10. The normalized spacial score (nSPS) is 10.9. The van der Waals surface area contributed by atoms with E-state index in [9.17, 15) is 0 Å². The Morgan fingerprint density at radius 2 is 1.84 bits per heavy atom. The maximum atomic E-state index is 5.97. The fourth-order valence-electron chi connectivity index (χ4n) is 2.91. The van der Waals surface area contributed by atoms with Crippen molar-refractivity contribution in [1.29, 1.82) is 0 Å². The van der Waals surface area contributed by atoms with Gasteiger partial charge in [-0.15, -0.1) is 6.42 Å². The summed E-state index contributed by atoms with van der Waals surface area (Å²) in [6.45, 7) is 4.19. The van der Waals surface area contributed by atoms with Crippen LogP contribution in [0.2, 0.25) is 0 Å². The summed E-state index contributed by atoms with van der Waals surface area (Å²) in [4.78, 5) is 8.81. The Hall–Kier alpha value is -3.60. The van der Waals surface area contributed by atoms with Crippen LogP contribution in [0.25, 0.3) is 10.9 Å². The topological polar surface area (TPSA) is 74.7 Å². The van der Waals surface area contributed by atoms with Gasteiger partial charge in [0.1, 0.15) is 25.4 Å². The second-order valence-electron chi connectivity index (χ2n) is 6.72. The van der Waals surface area contributed by atoms with Gasteiger partial charge in [-0.3, -0.25) is 0 Å². The molecular formula is C25H27N3O4. The van der Waals surface area contributed by atoms with Crippen molar-refractivity contribution >= 4 is 22.4 Å². The Kier molecular flexibility index (Phi) is 8.87. The van der Waals surface area contributed by atoms with Crippen molar-refractivity contribution in [3.63, 3.8) is 0 Å². The molecule has 7 nitrogen and oxygen atoms in total. The molecule has 32 heavy (non-hydrogen) atoms. The second-order valence-corrected chi connectivity index (χ2v) is 6.72. The van der Waals surface area contributed by atoms with Crippen molar-refractivity contribution in [3.05, 3.63) is 60.4 Å². The summed E-state index contributed by atoms with van der Waals surface area (Å²) in [6, 6.07) is 11.3. The van der Waals surface area contributed by atoms with E-state index in [0.29, 0.717) is 50.4 Å². The van der Waals surface area contributed by atoms with Crippen LogP contribution in [-0.2, 0) is 9.47 Å².